The zero-order valence-corrected chi connectivity index (χ0v) is 15.5. The molecule has 0 saturated heterocycles. The molecule has 0 aliphatic heterocycles. The lowest BCUT2D eigenvalue weighted by molar-refractivity contribution is -0.143. The zero-order valence-electron chi connectivity index (χ0n) is 15.5. The number of nitrogens with zero attached hydrogens (tertiary/aromatic N) is 1. The summed E-state index contributed by atoms with van der Waals surface area (Å²) in [5.74, 6) is 1.88. The van der Waals surface area contributed by atoms with E-state index in [1.807, 2.05) is 26.8 Å². The predicted octanol–water partition coefficient (Wildman–Crippen LogP) is 5.28. The maximum atomic E-state index is 13.0. The topological polar surface area (TPSA) is 20.3 Å². The van der Waals surface area contributed by atoms with Crippen molar-refractivity contribution in [2.75, 3.05) is 0 Å². The van der Waals surface area contributed by atoms with Crippen LogP contribution in [0.5, 0.6) is 0 Å². The fourth-order valence-corrected chi connectivity index (χ4v) is 3.66. The van der Waals surface area contributed by atoms with Crippen molar-refractivity contribution in [3.05, 3.63) is 35.9 Å². The number of carbonyl (C=O) groups excluding carboxylic acids is 1. The standard InChI is InChI=1S/C21H33NO/c1-16(2)18-11-13-19(14-12-18)22(20(23)21(3,4)5)15-17-9-7-6-8-10-17/h6-10,16,18-19H,11-15H2,1-5H3. The highest BCUT2D eigenvalue weighted by molar-refractivity contribution is 5.81. The molecule has 0 N–H and O–H groups in total. The Labute approximate surface area is 142 Å². The van der Waals surface area contributed by atoms with E-state index in [-0.39, 0.29) is 11.3 Å². The van der Waals surface area contributed by atoms with Gasteiger partial charge in [-0.25, -0.2) is 0 Å². The van der Waals surface area contributed by atoms with Gasteiger partial charge in [-0.1, -0.05) is 65.0 Å². The van der Waals surface area contributed by atoms with Gasteiger partial charge in [0.2, 0.25) is 5.91 Å². The van der Waals surface area contributed by atoms with Crippen molar-refractivity contribution in [1.82, 2.24) is 4.90 Å². The van der Waals surface area contributed by atoms with E-state index in [0.29, 0.717) is 6.04 Å². The molecule has 1 aromatic carbocycles. The Morgan fingerprint density at radius 2 is 1.65 bits per heavy atom. The Kier molecular flexibility index (Phi) is 5.89. The second-order valence-electron chi connectivity index (χ2n) is 8.48. The fraction of sp³-hybridized carbons (Fsp3) is 0.667. The normalized spacial score (nSPS) is 22.2. The Bertz CT molecular complexity index is 492. The highest BCUT2D eigenvalue weighted by Gasteiger charge is 2.34. The van der Waals surface area contributed by atoms with Crippen LogP contribution in [0.15, 0.2) is 30.3 Å². The van der Waals surface area contributed by atoms with Gasteiger partial charge in [-0.05, 0) is 43.1 Å². The van der Waals surface area contributed by atoms with Crippen molar-refractivity contribution in [2.24, 2.45) is 17.3 Å². The van der Waals surface area contributed by atoms with Crippen LogP contribution in [0.2, 0.25) is 0 Å². The van der Waals surface area contributed by atoms with Gasteiger partial charge < -0.3 is 4.90 Å². The molecular weight excluding hydrogens is 282 g/mol. The SMILES string of the molecule is CC(C)C1CCC(N(Cc2ccccc2)C(=O)C(C)(C)C)CC1. The van der Waals surface area contributed by atoms with Crippen molar-refractivity contribution >= 4 is 5.91 Å². The number of rotatable bonds is 4. The third kappa shape index (κ3) is 4.83. The molecule has 1 amide bonds. The van der Waals surface area contributed by atoms with Crippen LogP contribution in [0.1, 0.15) is 65.9 Å². The van der Waals surface area contributed by atoms with Gasteiger partial charge in [0.25, 0.3) is 0 Å². The molecule has 1 saturated carbocycles. The monoisotopic (exact) mass is 315 g/mol. The smallest absolute Gasteiger partial charge is 0.228 e. The number of carbonyl (C=O) groups is 1. The lowest BCUT2D eigenvalue weighted by Gasteiger charge is -2.40. The number of hydrogen-bond donors (Lipinski definition) is 0. The van der Waals surface area contributed by atoms with Gasteiger partial charge >= 0.3 is 0 Å². The molecule has 1 aliphatic carbocycles. The Hall–Kier alpha value is -1.31. The third-order valence-electron chi connectivity index (χ3n) is 5.22. The minimum Gasteiger partial charge on any atom is -0.335 e. The number of hydrogen-bond acceptors (Lipinski definition) is 1. The molecule has 0 aromatic heterocycles. The van der Waals surface area contributed by atoms with Crippen LogP contribution in [0.4, 0.5) is 0 Å². The maximum Gasteiger partial charge on any atom is 0.228 e. The second-order valence-corrected chi connectivity index (χ2v) is 8.48. The predicted molar refractivity (Wildman–Crippen MR) is 97.0 cm³/mol. The molecule has 2 nitrogen and oxygen atoms in total. The molecule has 1 aliphatic rings. The first-order valence-electron chi connectivity index (χ1n) is 9.14. The summed E-state index contributed by atoms with van der Waals surface area (Å²) in [5.41, 5.74) is 0.917. The molecule has 0 atom stereocenters. The minimum absolute atomic E-state index is 0.286. The summed E-state index contributed by atoms with van der Waals surface area (Å²) in [6, 6.07) is 10.8. The molecule has 0 spiro atoms. The molecule has 1 fully saturated rings. The van der Waals surface area contributed by atoms with E-state index in [1.165, 1.54) is 18.4 Å². The van der Waals surface area contributed by atoms with E-state index in [1.54, 1.807) is 0 Å². The Morgan fingerprint density at radius 1 is 1.09 bits per heavy atom. The minimum atomic E-state index is -0.316. The summed E-state index contributed by atoms with van der Waals surface area (Å²) < 4.78 is 0. The molecule has 0 unspecified atom stereocenters. The highest BCUT2D eigenvalue weighted by Crippen LogP contribution is 2.34. The van der Waals surface area contributed by atoms with Gasteiger partial charge in [0.05, 0.1) is 0 Å². The number of amides is 1. The lowest BCUT2D eigenvalue weighted by atomic mass is 9.78. The first kappa shape index (κ1) is 18.0. The number of benzene rings is 1. The summed E-state index contributed by atoms with van der Waals surface area (Å²) in [6.45, 7) is 11.5. The van der Waals surface area contributed by atoms with E-state index in [2.05, 4.69) is 43.0 Å². The van der Waals surface area contributed by atoms with Crippen molar-refractivity contribution in [2.45, 2.75) is 72.9 Å². The molecule has 0 heterocycles. The highest BCUT2D eigenvalue weighted by atomic mass is 16.2. The van der Waals surface area contributed by atoms with Crippen LogP contribution in [0.3, 0.4) is 0 Å². The second kappa shape index (κ2) is 7.51. The van der Waals surface area contributed by atoms with Crippen molar-refractivity contribution in [1.29, 1.82) is 0 Å². The van der Waals surface area contributed by atoms with Gasteiger partial charge in [0.1, 0.15) is 0 Å². The quantitative estimate of drug-likeness (QED) is 0.740. The van der Waals surface area contributed by atoms with Gasteiger partial charge in [-0.3, -0.25) is 4.79 Å². The molecule has 2 rings (SSSR count). The van der Waals surface area contributed by atoms with Crippen LogP contribution in [-0.2, 0) is 11.3 Å². The van der Waals surface area contributed by atoms with Crippen molar-refractivity contribution < 1.29 is 4.79 Å². The summed E-state index contributed by atoms with van der Waals surface area (Å²) in [7, 11) is 0. The van der Waals surface area contributed by atoms with Crippen molar-refractivity contribution in [3.63, 3.8) is 0 Å². The van der Waals surface area contributed by atoms with Crippen molar-refractivity contribution in [3.8, 4) is 0 Å². The van der Waals surface area contributed by atoms with Crippen LogP contribution < -0.4 is 0 Å². The molecule has 0 radical (unpaired) electrons. The first-order chi connectivity index (χ1) is 10.8. The summed E-state index contributed by atoms with van der Waals surface area (Å²) in [5, 5.41) is 0. The fourth-order valence-electron chi connectivity index (χ4n) is 3.66. The zero-order chi connectivity index (χ0) is 17.0. The molecule has 1 aromatic rings. The van der Waals surface area contributed by atoms with Crippen LogP contribution in [-0.4, -0.2) is 16.8 Å². The largest absolute Gasteiger partial charge is 0.335 e. The first-order valence-corrected chi connectivity index (χ1v) is 9.14. The Balaban J connectivity index is 2.13. The molecular formula is C21H33NO. The van der Waals surface area contributed by atoms with Crippen LogP contribution in [0, 0.1) is 17.3 Å². The average Bonchev–Trinajstić information content (AvgIpc) is 2.52. The molecule has 2 heteroatoms. The van der Waals surface area contributed by atoms with Gasteiger partial charge in [-0.2, -0.15) is 0 Å². The Morgan fingerprint density at radius 3 is 2.13 bits per heavy atom. The summed E-state index contributed by atoms with van der Waals surface area (Å²) >= 11 is 0. The summed E-state index contributed by atoms with van der Waals surface area (Å²) in [6.07, 6.45) is 4.81. The molecule has 128 valence electrons. The third-order valence-corrected chi connectivity index (χ3v) is 5.22. The van der Waals surface area contributed by atoms with Gasteiger partial charge in [0, 0.05) is 18.0 Å². The maximum absolute atomic E-state index is 13.0. The lowest BCUT2D eigenvalue weighted by Crippen LogP contribution is -2.47. The average molecular weight is 316 g/mol. The molecule has 23 heavy (non-hydrogen) atoms. The van der Waals surface area contributed by atoms with Gasteiger partial charge in [-0.15, -0.1) is 0 Å². The van der Waals surface area contributed by atoms with Crippen LogP contribution in [0.25, 0.3) is 0 Å². The van der Waals surface area contributed by atoms with E-state index in [9.17, 15) is 4.79 Å². The molecule has 0 bridgehead atoms. The van der Waals surface area contributed by atoms with E-state index in [4.69, 9.17) is 0 Å². The van der Waals surface area contributed by atoms with Crippen LogP contribution >= 0.6 is 0 Å². The van der Waals surface area contributed by atoms with Gasteiger partial charge in [0.15, 0.2) is 0 Å². The van der Waals surface area contributed by atoms with E-state index < -0.39 is 0 Å². The van der Waals surface area contributed by atoms with E-state index >= 15 is 0 Å². The summed E-state index contributed by atoms with van der Waals surface area (Å²) in [4.78, 5) is 15.2. The van der Waals surface area contributed by atoms with E-state index in [0.717, 1.165) is 31.2 Å².